The molecule has 2 atom stereocenters. The number of aliphatic hydroxyl groups is 1. The number of aromatic nitrogens is 1. The van der Waals surface area contributed by atoms with Crippen LogP contribution >= 0.6 is 15.9 Å². The van der Waals surface area contributed by atoms with E-state index < -0.39 is 11.5 Å². The minimum atomic E-state index is -1.56. The second kappa shape index (κ2) is 9.61. The van der Waals surface area contributed by atoms with E-state index in [1.807, 2.05) is 97.1 Å². The Morgan fingerprint density at radius 2 is 1.69 bits per heavy atom. The van der Waals surface area contributed by atoms with Crippen molar-refractivity contribution < 1.29 is 14.6 Å². The molecule has 0 fully saturated rings. The number of aldehydes is 1. The summed E-state index contributed by atoms with van der Waals surface area (Å²) in [5, 5.41) is 15.4. The zero-order valence-electron chi connectivity index (χ0n) is 19.2. The van der Waals surface area contributed by atoms with E-state index in [1.165, 1.54) is 0 Å². The van der Waals surface area contributed by atoms with Crippen LogP contribution in [0.3, 0.4) is 0 Å². The molecule has 5 rings (SSSR count). The van der Waals surface area contributed by atoms with Crippen molar-refractivity contribution in [3.8, 4) is 5.88 Å². The Labute approximate surface area is 212 Å². The molecule has 0 aliphatic carbocycles. The van der Waals surface area contributed by atoms with Gasteiger partial charge in [-0.05, 0) is 46.2 Å². The Morgan fingerprint density at radius 3 is 2.46 bits per heavy atom. The molecule has 0 bridgehead atoms. The predicted molar refractivity (Wildman–Crippen MR) is 143 cm³/mol. The first-order valence-corrected chi connectivity index (χ1v) is 12.2. The molecule has 1 aromatic heterocycles. The molecule has 1 heterocycles. The Morgan fingerprint density at radius 1 is 0.943 bits per heavy atom. The summed E-state index contributed by atoms with van der Waals surface area (Å²) in [4.78, 5) is 16.9. The number of fused-ring (bicyclic) bond motifs is 2. The number of rotatable bonds is 7. The van der Waals surface area contributed by atoms with Gasteiger partial charge in [0.1, 0.15) is 11.9 Å². The lowest BCUT2D eigenvalue weighted by Crippen LogP contribution is -2.35. The summed E-state index contributed by atoms with van der Waals surface area (Å²) in [7, 11) is 1.58. The summed E-state index contributed by atoms with van der Waals surface area (Å²) < 4.78 is 6.69. The number of benzene rings is 4. The molecule has 4 nitrogen and oxygen atoms in total. The maximum atomic E-state index is 12.6. The van der Waals surface area contributed by atoms with E-state index in [9.17, 15) is 9.90 Å². The van der Waals surface area contributed by atoms with Crippen molar-refractivity contribution >= 4 is 43.9 Å². The Bertz CT molecular complexity index is 1510. The van der Waals surface area contributed by atoms with Crippen molar-refractivity contribution in [2.75, 3.05) is 7.11 Å². The molecule has 35 heavy (non-hydrogen) atoms. The monoisotopic (exact) mass is 525 g/mol. The standard InChI is InChI=1S/C30H24BrNO3/c1-35-29-25(19-22-18-23(31)14-15-27(22)32-29)28(21-9-3-2-4-10-21)30(34,16-17-33)26-13-7-11-20-8-5-6-12-24(20)26/h2-15,17-19,28,34H,16H2,1H3/t28-,30-/m1/s1. The maximum Gasteiger partial charge on any atom is 0.217 e. The lowest BCUT2D eigenvalue weighted by Gasteiger charge is -2.37. The van der Waals surface area contributed by atoms with Crippen LogP contribution < -0.4 is 4.74 Å². The molecule has 0 unspecified atom stereocenters. The van der Waals surface area contributed by atoms with Gasteiger partial charge in [-0.3, -0.25) is 0 Å². The topological polar surface area (TPSA) is 59.4 Å². The van der Waals surface area contributed by atoms with E-state index in [2.05, 4.69) is 15.9 Å². The van der Waals surface area contributed by atoms with Crippen molar-refractivity contribution in [1.29, 1.82) is 0 Å². The van der Waals surface area contributed by atoms with Crippen LogP contribution in [0, 0.1) is 0 Å². The molecule has 4 aromatic carbocycles. The summed E-state index contributed by atoms with van der Waals surface area (Å²) in [5.41, 5.74) is 1.48. The third-order valence-corrected chi connectivity index (χ3v) is 7.03. The van der Waals surface area contributed by atoms with Crippen LogP contribution in [0.25, 0.3) is 21.7 Å². The van der Waals surface area contributed by atoms with Gasteiger partial charge < -0.3 is 14.6 Å². The van der Waals surface area contributed by atoms with E-state index in [1.54, 1.807) is 7.11 Å². The highest BCUT2D eigenvalue weighted by atomic mass is 79.9. The molecule has 0 saturated heterocycles. The summed E-state index contributed by atoms with van der Waals surface area (Å²) in [6, 6.07) is 31.3. The average Bonchev–Trinajstić information content (AvgIpc) is 2.89. The summed E-state index contributed by atoms with van der Waals surface area (Å²) in [6.45, 7) is 0. The van der Waals surface area contributed by atoms with Crippen molar-refractivity contribution in [3.63, 3.8) is 0 Å². The number of hydrogen-bond donors (Lipinski definition) is 1. The van der Waals surface area contributed by atoms with Crippen LogP contribution in [0.5, 0.6) is 5.88 Å². The second-order valence-corrected chi connectivity index (χ2v) is 9.51. The number of hydrogen-bond acceptors (Lipinski definition) is 4. The number of methoxy groups -OCH3 is 1. The van der Waals surface area contributed by atoms with Gasteiger partial charge in [0.2, 0.25) is 5.88 Å². The maximum absolute atomic E-state index is 12.6. The fourth-order valence-corrected chi connectivity index (χ4v) is 5.37. The van der Waals surface area contributed by atoms with E-state index >= 15 is 0 Å². The first-order chi connectivity index (χ1) is 17.0. The lowest BCUT2D eigenvalue weighted by atomic mass is 9.71. The number of nitrogens with zero attached hydrogens (tertiary/aromatic N) is 1. The smallest absolute Gasteiger partial charge is 0.217 e. The van der Waals surface area contributed by atoms with Gasteiger partial charge in [0.15, 0.2) is 0 Å². The molecule has 0 aliphatic rings. The highest BCUT2D eigenvalue weighted by Gasteiger charge is 2.43. The predicted octanol–water partition coefficient (Wildman–Crippen LogP) is 6.77. The normalized spacial score (nSPS) is 13.9. The third-order valence-electron chi connectivity index (χ3n) is 6.53. The summed E-state index contributed by atoms with van der Waals surface area (Å²) >= 11 is 3.55. The molecule has 5 heteroatoms. The second-order valence-electron chi connectivity index (χ2n) is 8.59. The van der Waals surface area contributed by atoms with Crippen LogP contribution in [-0.2, 0) is 10.4 Å². The lowest BCUT2D eigenvalue weighted by molar-refractivity contribution is -0.113. The zero-order chi connectivity index (χ0) is 24.4. The van der Waals surface area contributed by atoms with Crippen LogP contribution in [0.2, 0.25) is 0 Å². The van der Waals surface area contributed by atoms with Crippen molar-refractivity contribution in [2.24, 2.45) is 0 Å². The Kier molecular flexibility index (Phi) is 6.37. The van der Waals surface area contributed by atoms with Gasteiger partial charge in [0.05, 0.1) is 12.6 Å². The van der Waals surface area contributed by atoms with E-state index in [4.69, 9.17) is 9.72 Å². The molecule has 0 spiro atoms. The highest BCUT2D eigenvalue weighted by Crippen LogP contribution is 2.48. The molecular formula is C30H24BrNO3. The van der Waals surface area contributed by atoms with E-state index in [-0.39, 0.29) is 6.42 Å². The van der Waals surface area contributed by atoms with Crippen LogP contribution in [0.15, 0.2) is 102 Å². The summed E-state index contributed by atoms with van der Waals surface area (Å²) in [5.74, 6) is -0.205. The van der Waals surface area contributed by atoms with Gasteiger partial charge in [-0.2, -0.15) is 0 Å². The van der Waals surface area contributed by atoms with Gasteiger partial charge in [-0.15, -0.1) is 0 Å². The first-order valence-electron chi connectivity index (χ1n) is 11.4. The van der Waals surface area contributed by atoms with E-state index in [0.29, 0.717) is 17.0 Å². The highest BCUT2D eigenvalue weighted by molar-refractivity contribution is 9.10. The minimum Gasteiger partial charge on any atom is -0.481 e. The molecular weight excluding hydrogens is 502 g/mol. The van der Waals surface area contributed by atoms with Gasteiger partial charge >= 0.3 is 0 Å². The molecule has 5 aromatic rings. The van der Waals surface area contributed by atoms with Crippen molar-refractivity contribution in [2.45, 2.75) is 17.9 Å². The molecule has 174 valence electrons. The number of pyridine rings is 1. The average molecular weight is 526 g/mol. The fraction of sp³-hybridized carbons (Fsp3) is 0.133. The van der Waals surface area contributed by atoms with Crippen LogP contribution in [-0.4, -0.2) is 23.5 Å². The largest absolute Gasteiger partial charge is 0.481 e. The summed E-state index contributed by atoms with van der Waals surface area (Å²) in [6.07, 6.45) is 0.690. The SMILES string of the molecule is COc1nc2ccc(Br)cc2cc1[C@@H](c1ccccc1)[C@@](O)(CC=O)c1cccc2ccccc12. The first kappa shape index (κ1) is 23.2. The Hall–Kier alpha value is -3.54. The molecule has 0 amide bonds. The van der Waals surface area contributed by atoms with Crippen LogP contribution in [0.4, 0.5) is 0 Å². The number of ether oxygens (including phenoxy) is 1. The third kappa shape index (κ3) is 4.22. The number of carbonyl (C=O) groups excluding carboxylic acids is 1. The molecule has 0 saturated carbocycles. The van der Waals surface area contributed by atoms with Crippen molar-refractivity contribution in [1.82, 2.24) is 4.98 Å². The molecule has 0 aliphatic heterocycles. The Balaban J connectivity index is 1.85. The van der Waals surface area contributed by atoms with Gasteiger partial charge in [0.25, 0.3) is 0 Å². The zero-order valence-corrected chi connectivity index (χ0v) is 20.8. The quantitative estimate of drug-likeness (QED) is 0.238. The van der Waals surface area contributed by atoms with Gasteiger partial charge in [0, 0.05) is 27.8 Å². The van der Waals surface area contributed by atoms with Crippen molar-refractivity contribution in [3.05, 3.63) is 118 Å². The number of carbonyl (C=O) groups is 1. The fourth-order valence-electron chi connectivity index (χ4n) is 4.99. The van der Waals surface area contributed by atoms with Gasteiger partial charge in [-0.25, -0.2) is 4.98 Å². The molecule has 0 radical (unpaired) electrons. The minimum absolute atomic E-state index is 0.0970. The van der Waals surface area contributed by atoms with Crippen LogP contribution in [0.1, 0.15) is 29.0 Å². The number of halogens is 1. The van der Waals surface area contributed by atoms with E-state index in [0.717, 1.165) is 38.0 Å². The molecule has 1 N–H and O–H groups in total. The van der Waals surface area contributed by atoms with Gasteiger partial charge in [-0.1, -0.05) is 88.7 Å².